The Balaban J connectivity index is 1.60. The Kier molecular flexibility index (Phi) is 4.61. The molecule has 25 heavy (non-hydrogen) atoms. The number of aliphatic carboxylic acids is 1. The lowest BCUT2D eigenvalue weighted by atomic mass is 9.87. The minimum atomic E-state index is -1.01. The van der Waals surface area contributed by atoms with E-state index in [0.717, 1.165) is 11.4 Å². The van der Waals surface area contributed by atoms with Crippen molar-refractivity contribution in [2.24, 2.45) is 0 Å². The number of hydrogen-bond donors (Lipinski definition) is 1. The standard InChI is InChI=1S/C17H23N5O3/c1-13-11-14(2)22(19-13)7-3-15(23)20-8-4-17(5-9-20,16(24)25)21-10-6-18-12-21/h6,10-12H,3-5,7-9H2,1-2H3,(H,24,25). The summed E-state index contributed by atoms with van der Waals surface area (Å²) in [5, 5.41) is 14.1. The Labute approximate surface area is 146 Å². The Morgan fingerprint density at radius 2 is 2.00 bits per heavy atom. The van der Waals surface area contributed by atoms with Gasteiger partial charge in [0.05, 0.1) is 12.0 Å². The van der Waals surface area contributed by atoms with E-state index in [1.165, 1.54) is 6.33 Å². The van der Waals surface area contributed by atoms with Crippen LogP contribution in [0, 0.1) is 13.8 Å². The molecule has 0 saturated carbocycles. The van der Waals surface area contributed by atoms with Gasteiger partial charge in [-0.1, -0.05) is 0 Å². The molecular formula is C17H23N5O3. The molecule has 2 aromatic rings. The van der Waals surface area contributed by atoms with Gasteiger partial charge in [-0.25, -0.2) is 9.78 Å². The second kappa shape index (κ2) is 6.70. The van der Waals surface area contributed by atoms with Crippen LogP contribution >= 0.6 is 0 Å². The number of hydrogen-bond acceptors (Lipinski definition) is 4. The summed E-state index contributed by atoms with van der Waals surface area (Å²) in [6.07, 6.45) is 5.92. The molecule has 3 rings (SSSR count). The van der Waals surface area contributed by atoms with Gasteiger partial charge in [0.15, 0.2) is 0 Å². The van der Waals surface area contributed by atoms with Crippen molar-refractivity contribution in [1.82, 2.24) is 24.2 Å². The fourth-order valence-electron chi connectivity index (χ4n) is 3.48. The fourth-order valence-corrected chi connectivity index (χ4v) is 3.48. The quantitative estimate of drug-likeness (QED) is 0.878. The van der Waals surface area contributed by atoms with Gasteiger partial charge in [0.1, 0.15) is 5.54 Å². The number of carbonyl (C=O) groups is 2. The van der Waals surface area contributed by atoms with Gasteiger partial charge in [-0.2, -0.15) is 5.10 Å². The topological polar surface area (TPSA) is 93.2 Å². The summed E-state index contributed by atoms with van der Waals surface area (Å²) in [6.45, 7) is 5.30. The lowest BCUT2D eigenvalue weighted by Gasteiger charge is -2.39. The lowest BCUT2D eigenvalue weighted by molar-refractivity contribution is -0.152. The molecule has 134 valence electrons. The smallest absolute Gasteiger partial charge is 0.330 e. The molecule has 1 fully saturated rings. The van der Waals surface area contributed by atoms with E-state index in [4.69, 9.17) is 0 Å². The van der Waals surface area contributed by atoms with Crippen LogP contribution < -0.4 is 0 Å². The van der Waals surface area contributed by atoms with E-state index < -0.39 is 11.5 Å². The Morgan fingerprint density at radius 1 is 1.28 bits per heavy atom. The zero-order chi connectivity index (χ0) is 18.0. The van der Waals surface area contributed by atoms with Crippen LogP contribution in [0.3, 0.4) is 0 Å². The van der Waals surface area contributed by atoms with Crippen molar-refractivity contribution in [3.63, 3.8) is 0 Å². The van der Waals surface area contributed by atoms with Crippen LogP contribution in [0.15, 0.2) is 24.8 Å². The van der Waals surface area contributed by atoms with Crippen LogP contribution in [-0.4, -0.2) is 54.3 Å². The average Bonchev–Trinajstić information content (AvgIpc) is 3.22. The molecule has 1 saturated heterocycles. The number of likely N-dealkylation sites (tertiary alicyclic amines) is 1. The van der Waals surface area contributed by atoms with Gasteiger partial charge in [0.2, 0.25) is 5.91 Å². The minimum Gasteiger partial charge on any atom is -0.479 e. The van der Waals surface area contributed by atoms with Crippen molar-refractivity contribution >= 4 is 11.9 Å². The van der Waals surface area contributed by atoms with Gasteiger partial charge >= 0.3 is 5.97 Å². The van der Waals surface area contributed by atoms with E-state index in [1.54, 1.807) is 21.9 Å². The van der Waals surface area contributed by atoms with Gasteiger partial charge in [-0.15, -0.1) is 0 Å². The summed E-state index contributed by atoms with van der Waals surface area (Å²) in [5.41, 5.74) is 0.964. The second-order valence-electron chi connectivity index (χ2n) is 6.59. The molecular weight excluding hydrogens is 322 g/mol. The number of imidazole rings is 1. The van der Waals surface area contributed by atoms with E-state index >= 15 is 0 Å². The maximum absolute atomic E-state index is 12.5. The highest BCUT2D eigenvalue weighted by atomic mass is 16.4. The first-order valence-corrected chi connectivity index (χ1v) is 8.43. The molecule has 0 aliphatic carbocycles. The van der Waals surface area contributed by atoms with E-state index in [9.17, 15) is 14.7 Å². The van der Waals surface area contributed by atoms with Gasteiger partial charge in [0.25, 0.3) is 0 Å². The summed E-state index contributed by atoms with van der Waals surface area (Å²) >= 11 is 0. The summed E-state index contributed by atoms with van der Waals surface area (Å²) in [7, 11) is 0. The van der Waals surface area contributed by atoms with E-state index in [-0.39, 0.29) is 5.91 Å². The van der Waals surface area contributed by atoms with Crippen molar-refractivity contribution in [3.8, 4) is 0 Å². The highest BCUT2D eigenvalue weighted by Crippen LogP contribution is 2.30. The van der Waals surface area contributed by atoms with Gasteiger partial charge in [-0.3, -0.25) is 9.48 Å². The monoisotopic (exact) mass is 345 g/mol. The molecule has 1 N–H and O–H groups in total. The normalized spacial score (nSPS) is 16.8. The van der Waals surface area contributed by atoms with Crippen molar-refractivity contribution in [1.29, 1.82) is 0 Å². The Bertz CT molecular complexity index is 757. The van der Waals surface area contributed by atoms with Crippen LogP contribution in [0.1, 0.15) is 30.7 Å². The Hall–Kier alpha value is -2.64. The van der Waals surface area contributed by atoms with Crippen LogP contribution in [0.25, 0.3) is 0 Å². The SMILES string of the molecule is Cc1cc(C)n(CCC(=O)N2CCC(C(=O)O)(n3ccnc3)CC2)n1. The number of amides is 1. The highest BCUT2D eigenvalue weighted by Gasteiger charge is 2.43. The van der Waals surface area contributed by atoms with Gasteiger partial charge in [-0.05, 0) is 32.8 Å². The van der Waals surface area contributed by atoms with E-state index in [2.05, 4.69) is 10.1 Å². The first-order valence-electron chi connectivity index (χ1n) is 8.43. The van der Waals surface area contributed by atoms with Crippen molar-refractivity contribution < 1.29 is 14.7 Å². The maximum atomic E-state index is 12.5. The number of rotatable bonds is 5. The molecule has 1 aliphatic heterocycles. The number of carbonyl (C=O) groups excluding carboxylic acids is 1. The van der Waals surface area contributed by atoms with Crippen molar-refractivity contribution in [3.05, 3.63) is 36.2 Å². The summed E-state index contributed by atoms with van der Waals surface area (Å²) < 4.78 is 3.48. The number of aromatic nitrogens is 4. The van der Waals surface area contributed by atoms with E-state index in [0.29, 0.717) is 38.9 Å². The van der Waals surface area contributed by atoms with Crippen molar-refractivity contribution in [2.75, 3.05) is 13.1 Å². The predicted octanol–water partition coefficient (Wildman–Crippen LogP) is 1.19. The summed E-state index contributed by atoms with van der Waals surface area (Å²) in [6, 6.07) is 1.98. The second-order valence-corrected chi connectivity index (χ2v) is 6.59. The largest absolute Gasteiger partial charge is 0.479 e. The van der Waals surface area contributed by atoms with Crippen LogP contribution in [0.5, 0.6) is 0 Å². The third-order valence-electron chi connectivity index (χ3n) is 4.98. The first-order chi connectivity index (χ1) is 11.9. The molecule has 0 spiro atoms. The number of nitrogens with zero attached hydrogens (tertiary/aromatic N) is 5. The maximum Gasteiger partial charge on any atom is 0.330 e. The molecule has 0 unspecified atom stereocenters. The first kappa shape index (κ1) is 17.2. The third kappa shape index (κ3) is 3.29. The fraction of sp³-hybridized carbons (Fsp3) is 0.529. The molecule has 1 amide bonds. The molecule has 8 heteroatoms. The lowest BCUT2D eigenvalue weighted by Crippen LogP contribution is -2.52. The zero-order valence-electron chi connectivity index (χ0n) is 14.6. The number of piperidine rings is 1. The third-order valence-corrected chi connectivity index (χ3v) is 4.98. The van der Waals surface area contributed by atoms with Gasteiger partial charge in [0, 0.05) is 44.1 Å². The predicted molar refractivity (Wildman–Crippen MR) is 90.0 cm³/mol. The number of carboxylic acids is 1. The summed E-state index contributed by atoms with van der Waals surface area (Å²) in [5.74, 6) is -0.836. The van der Waals surface area contributed by atoms with Crippen molar-refractivity contribution in [2.45, 2.75) is 45.2 Å². The molecule has 1 aliphatic rings. The molecule has 0 bridgehead atoms. The molecule has 0 atom stereocenters. The molecule has 3 heterocycles. The highest BCUT2D eigenvalue weighted by molar-refractivity contribution is 5.79. The Morgan fingerprint density at radius 3 is 2.52 bits per heavy atom. The molecule has 8 nitrogen and oxygen atoms in total. The number of carboxylic acid groups (broad SMARTS) is 1. The van der Waals surface area contributed by atoms with Crippen LogP contribution in [-0.2, 0) is 21.7 Å². The zero-order valence-corrected chi connectivity index (χ0v) is 14.6. The van der Waals surface area contributed by atoms with Gasteiger partial charge < -0.3 is 14.6 Å². The number of aryl methyl sites for hydroxylation is 3. The molecule has 0 radical (unpaired) electrons. The molecule has 2 aromatic heterocycles. The molecule has 0 aromatic carbocycles. The van der Waals surface area contributed by atoms with Crippen LogP contribution in [0.2, 0.25) is 0 Å². The van der Waals surface area contributed by atoms with Crippen LogP contribution in [0.4, 0.5) is 0 Å². The summed E-state index contributed by atoms with van der Waals surface area (Å²) in [4.78, 5) is 30.0. The van der Waals surface area contributed by atoms with E-state index in [1.807, 2.05) is 24.6 Å². The average molecular weight is 345 g/mol. The minimum absolute atomic E-state index is 0.0390.